The maximum atomic E-state index is 11.6. The first-order valence-electron chi connectivity index (χ1n) is 4.97. The number of rotatable bonds is 3. The molecule has 0 bridgehead atoms. The predicted octanol–water partition coefficient (Wildman–Crippen LogP) is 2.16. The Bertz CT molecular complexity index is 407. The Labute approximate surface area is 107 Å². The Morgan fingerprint density at radius 3 is 2.94 bits per heavy atom. The SMILES string of the molecule is O=C(Cc1cccc(Cl)c1Br)NC1COC1. The molecule has 1 heterocycles. The lowest BCUT2D eigenvalue weighted by Gasteiger charge is -2.26. The standard InChI is InChI=1S/C11H11BrClNO2/c12-11-7(2-1-3-9(11)13)4-10(15)14-8-5-16-6-8/h1-3,8H,4-6H2,(H,14,15). The molecule has 1 aromatic rings. The predicted molar refractivity (Wildman–Crippen MR) is 65.6 cm³/mol. The van der Waals surface area contributed by atoms with E-state index in [9.17, 15) is 4.79 Å². The molecule has 0 spiro atoms. The van der Waals surface area contributed by atoms with Crippen molar-refractivity contribution in [1.29, 1.82) is 0 Å². The molecule has 0 aromatic heterocycles. The fourth-order valence-electron chi connectivity index (χ4n) is 1.46. The average Bonchev–Trinajstić information content (AvgIpc) is 2.19. The second-order valence-electron chi connectivity index (χ2n) is 3.69. The zero-order valence-electron chi connectivity index (χ0n) is 8.50. The van der Waals surface area contributed by atoms with Crippen LogP contribution in [-0.4, -0.2) is 25.2 Å². The summed E-state index contributed by atoms with van der Waals surface area (Å²) in [6.07, 6.45) is 0.331. The molecule has 0 aliphatic carbocycles. The third kappa shape index (κ3) is 2.75. The van der Waals surface area contributed by atoms with E-state index in [-0.39, 0.29) is 11.9 Å². The fourth-order valence-corrected chi connectivity index (χ4v) is 2.05. The summed E-state index contributed by atoms with van der Waals surface area (Å²) in [5, 5.41) is 3.51. The second kappa shape index (κ2) is 5.17. The highest BCUT2D eigenvalue weighted by atomic mass is 79.9. The maximum absolute atomic E-state index is 11.6. The molecule has 0 saturated carbocycles. The molecule has 0 radical (unpaired) electrons. The monoisotopic (exact) mass is 303 g/mol. The molecule has 2 rings (SSSR count). The molecule has 1 aromatic carbocycles. The minimum absolute atomic E-state index is 0.00346. The molecule has 0 unspecified atom stereocenters. The first kappa shape index (κ1) is 11.9. The molecule has 1 aliphatic heterocycles. The van der Waals surface area contributed by atoms with Crippen molar-refractivity contribution in [2.75, 3.05) is 13.2 Å². The number of ether oxygens (including phenoxy) is 1. The van der Waals surface area contributed by atoms with E-state index < -0.39 is 0 Å². The number of halogens is 2. The Hall–Kier alpha value is -0.580. The van der Waals surface area contributed by atoms with Gasteiger partial charge in [-0.1, -0.05) is 23.7 Å². The second-order valence-corrected chi connectivity index (χ2v) is 4.89. The topological polar surface area (TPSA) is 38.3 Å². The van der Waals surface area contributed by atoms with Crippen LogP contribution in [0.25, 0.3) is 0 Å². The van der Waals surface area contributed by atoms with Crippen LogP contribution in [0, 0.1) is 0 Å². The van der Waals surface area contributed by atoms with Crippen molar-refractivity contribution in [2.45, 2.75) is 12.5 Å². The third-order valence-corrected chi connectivity index (χ3v) is 3.87. The molecule has 0 atom stereocenters. The van der Waals surface area contributed by atoms with Crippen molar-refractivity contribution in [3.05, 3.63) is 33.3 Å². The van der Waals surface area contributed by atoms with Crippen molar-refractivity contribution in [3.8, 4) is 0 Å². The molecule has 5 heteroatoms. The lowest BCUT2D eigenvalue weighted by Crippen LogP contribution is -2.49. The van der Waals surface area contributed by atoms with E-state index in [0.29, 0.717) is 24.7 Å². The van der Waals surface area contributed by atoms with E-state index >= 15 is 0 Å². The molecule has 1 aliphatic rings. The molecule has 1 fully saturated rings. The molecule has 86 valence electrons. The summed E-state index contributed by atoms with van der Waals surface area (Å²) >= 11 is 9.31. The lowest BCUT2D eigenvalue weighted by molar-refractivity contribution is -0.124. The van der Waals surface area contributed by atoms with Gasteiger partial charge >= 0.3 is 0 Å². The van der Waals surface area contributed by atoms with E-state index in [2.05, 4.69) is 21.2 Å². The molecule has 1 saturated heterocycles. The Kier molecular flexibility index (Phi) is 3.84. The van der Waals surface area contributed by atoms with Gasteiger partial charge in [-0.25, -0.2) is 0 Å². The van der Waals surface area contributed by atoms with Gasteiger partial charge in [0, 0.05) is 4.47 Å². The minimum Gasteiger partial charge on any atom is -0.377 e. The normalized spacial score (nSPS) is 15.6. The summed E-state index contributed by atoms with van der Waals surface area (Å²) < 4.78 is 5.77. The van der Waals surface area contributed by atoms with Gasteiger partial charge < -0.3 is 10.1 Å². The van der Waals surface area contributed by atoms with E-state index in [0.717, 1.165) is 10.0 Å². The maximum Gasteiger partial charge on any atom is 0.224 e. The van der Waals surface area contributed by atoms with Crippen LogP contribution in [0.3, 0.4) is 0 Å². The molecule has 16 heavy (non-hydrogen) atoms. The smallest absolute Gasteiger partial charge is 0.224 e. The van der Waals surface area contributed by atoms with E-state index in [4.69, 9.17) is 16.3 Å². The summed E-state index contributed by atoms with van der Waals surface area (Å²) in [4.78, 5) is 11.6. The molecule has 3 nitrogen and oxygen atoms in total. The average molecular weight is 305 g/mol. The van der Waals surface area contributed by atoms with Crippen LogP contribution in [0.15, 0.2) is 22.7 Å². The van der Waals surface area contributed by atoms with Crippen LogP contribution < -0.4 is 5.32 Å². The zero-order chi connectivity index (χ0) is 11.5. The van der Waals surface area contributed by atoms with E-state index in [1.54, 1.807) is 6.07 Å². The van der Waals surface area contributed by atoms with Crippen molar-refractivity contribution < 1.29 is 9.53 Å². The van der Waals surface area contributed by atoms with Gasteiger partial charge in [-0.15, -0.1) is 0 Å². The molecule has 1 amide bonds. The fraction of sp³-hybridized carbons (Fsp3) is 0.364. The number of nitrogens with one attached hydrogen (secondary N) is 1. The van der Waals surface area contributed by atoms with Crippen LogP contribution in [0.2, 0.25) is 5.02 Å². The summed E-state index contributed by atoms with van der Waals surface area (Å²) in [7, 11) is 0. The minimum atomic E-state index is -0.00346. The van der Waals surface area contributed by atoms with Crippen molar-refractivity contribution in [1.82, 2.24) is 5.32 Å². The van der Waals surface area contributed by atoms with Gasteiger partial charge in [0.15, 0.2) is 0 Å². The molecule has 1 N–H and O–H groups in total. The molecular formula is C11H11BrClNO2. The van der Waals surface area contributed by atoms with Gasteiger partial charge in [-0.3, -0.25) is 4.79 Å². The first-order chi connectivity index (χ1) is 7.66. The summed E-state index contributed by atoms with van der Waals surface area (Å²) in [6, 6.07) is 5.67. The Morgan fingerprint density at radius 2 is 2.31 bits per heavy atom. The number of carbonyl (C=O) groups is 1. The highest BCUT2D eigenvalue weighted by Crippen LogP contribution is 2.26. The third-order valence-electron chi connectivity index (χ3n) is 2.39. The number of benzene rings is 1. The van der Waals surface area contributed by atoms with Crippen LogP contribution >= 0.6 is 27.5 Å². The van der Waals surface area contributed by atoms with Gasteiger partial charge in [0.1, 0.15) is 0 Å². The van der Waals surface area contributed by atoms with Gasteiger partial charge in [-0.2, -0.15) is 0 Å². The quantitative estimate of drug-likeness (QED) is 0.929. The Morgan fingerprint density at radius 1 is 1.56 bits per heavy atom. The largest absolute Gasteiger partial charge is 0.377 e. The Balaban J connectivity index is 1.97. The van der Waals surface area contributed by atoms with Crippen LogP contribution in [-0.2, 0) is 16.0 Å². The van der Waals surface area contributed by atoms with Gasteiger partial charge in [0.25, 0.3) is 0 Å². The number of amides is 1. The lowest BCUT2D eigenvalue weighted by atomic mass is 10.1. The summed E-state index contributed by atoms with van der Waals surface area (Å²) in [6.45, 7) is 1.23. The van der Waals surface area contributed by atoms with Crippen molar-refractivity contribution >= 4 is 33.4 Å². The van der Waals surface area contributed by atoms with Crippen molar-refractivity contribution in [2.24, 2.45) is 0 Å². The van der Waals surface area contributed by atoms with Crippen molar-refractivity contribution in [3.63, 3.8) is 0 Å². The number of hydrogen-bond acceptors (Lipinski definition) is 2. The first-order valence-corrected chi connectivity index (χ1v) is 6.14. The van der Waals surface area contributed by atoms with Gasteiger partial charge in [0.05, 0.1) is 30.7 Å². The number of hydrogen-bond donors (Lipinski definition) is 1. The highest BCUT2D eigenvalue weighted by molar-refractivity contribution is 9.10. The summed E-state index contributed by atoms with van der Waals surface area (Å²) in [5.74, 6) is -0.00346. The van der Waals surface area contributed by atoms with Crippen LogP contribution in [0.5, 0.6) is 0 Å². The van der Waals surface area contributed by atoms with E-state index in [1.165, 1.54) is 0 Å². The van der Waals surface area contributed by atoms with E-state index in [1.807, 2.05) is 12.1 Å². The van der Waals surface area contributed by atoms with Crippen LogP contribution in [0.1, 0.15) is 5.56 Å². The zero-order valence-corrected chi connectivity index (χ0v) is 10.8. The molecular weight excluding hydrogens is 293 g/mol. The van der Waals surface area contributed by atoms with Gasteiger partial charge in [-0.05, 0) is 27.6 Å². The number of carbonyl (C=O) groups excluding carboxylic acids is 1. The van der Waals surface area contributed by atoms with Gasteiger partial charge in [0.2, 0.25) is 5.91 Å². The highest BCUT2D eigenvalue weighted by Gasteiger charge is 2.20. The summed E-state index contributed by atoms with van der Waals surface area (Å²) in [5.41, 5.74) is 0.894. The van der Waals surface area contributed by atoms with Crippen LogP contribution in [0.4, 0.5) is 0 Å².